The van der Waals surface area contributed by atoms with E-state index in [4.69, 9.17) is 0 Å². The van der Waals surface area contributed by atoms with Gasteiger partial charge in [-0.15, -0.1) is 0 Å². The molecule has 1 aliphatic heterocycles. The largest absolute Gasteiger partial charge is 0.268 e. The Labute approximate surface area is 152 Å². The van der Waals surface area contributed by atoms with Gasteiger partial charge in [-0.05, 0) is 41.8 Å². The maximum Gasteiger partial charge on any atom is 0.265 e. The van der Waals surface area contributed by atoms with Crippen LogP contribution in [0.15, 0.2) is 78.9 Å². The van der Waals surface area contributed by atoms with Crippen LogP contribution in [0.3, 0.4) is 0 Å². The molecule has 3 nitrogen and oxygen atoms in total. The van der Waals surface area contributed by atoms with Crippen molar-refractivity contribution in [2.24, 2.45) is 0 Å². The lowest BCUT2D eigenvalue weighted by molar-refractivity contribution is -0.112. The molecule has 2 amide bonds. The van der Waals surface area contributed by atoms with Crippen molar-refractivity contribution in [3.05, 3.63) is 101 Å². The van der Waals surface area contributed by atoms with Crippen LogP contribution < -0.4 is 4.90 Å². The molecule has 4 rings (SSSR count). The number of hydrogen-bond donors (Lipinski definition) is 0. The first kappa shape index (κ1) is 16.0. The van der Waals surface area contributed by atoms with Crippen LogP contribution in [0, 0.1) is 6.92 Å². The molecule has 0 N–H and O–H groups in total. The quantitative estimate of drug-likeness (QED) is 0.500. The van der Waals surface area contributed by atoms with E-state index in [0.29, 0.717) is 22.4 Å². The summed E-state index contributed by atoms with van der Waals surface area (Å²) in [5, 5.41) is 0. The van der Waals surface area contributed by atoms with Crippen LogP contribution >= 0.6 is 0 Å². The number of carbonyl (C=O) groups excluding carboxylic acids is 2. The Morgan fingerprint density at radius 3 is 2.04 bits per heavy atom. The molecule has 0 bridgehead atoms. The van der Waals surface area contributed by atoms with Crippen LogP contribution in [0.5, 0.6) is 0 Å². The molecule has 1 heterocycles. The molecule has 0 fully saturated rings. The number of hydrogen-bond acceptors (Lipinski definition) is 2. The van der Waals surface area contributed by atoms with Crippen LogP contribution in [0.4, 0.5) is 5.69 Å². The minimum absolute atomic E-state index is 0.287. The molecule has 0 aromatic heterocycles. The molecule has 0 saturated heterocycles. The molecule has 0 aliphatic carbocycles. The Morgan fingerprint density at radius 1 is 0.692 bits per heavy atom. The molecule has 3 aromatic carbocycles. The first-order valence-electron chi connectivity index (χ1n) is 8.47. The number of imide groups is 1. The molecule has 1 aliphatic rings. The topological polar surface area (TPSA) is 37.4 Å². The van der Waals surface area contributed by atoms with E-state index in [1.807, 2.05) is 79.7 Å². The van der Waals surface area contributed by atoms with Gasteiger partial charge in [-0.1, -0.05) is 66.7 Å². The third-order valence-corrected chi connectivity index (χ3v) is 4.55. The summed E-state index contributed by atoms with van der Waals surface area (Å²) in [6.45, 7) is 1.90. The fourth-order valence-electron chi connectivity index (χ4n) is 3.24. The third-order valence-electron chi connectivity index (χ3n) is 4.55. The summed E-state index contributed by atoms with van der Waals surface area (Å²) in [7, 11) is 0. The number of carbonyl (C=O) groups is 2. The molecule has 0 atom stereocenters. The minimum atomic E-state index is -0.299. The first-order chi connectivity index (χ1) is 12.7. The van der Waals surface area contributed by atoms with E-state index >= 15 is 0 Å². The second-order valence-electron chi connectivity index (χ2n) is 6.25. The lowest BCUT2D eigenvalue weighted by atomic mass is 9.91. The highest BCUT2D eigenvalue weighted by Gasteiger charge is 2.36. The predicted molar refractivity (Wildman–Crippen MR) is 104 cm³/mol. The van der Waals surface area contributed by atoms with E-state index in [1.165, 1.54) is 4.90 Å². The van der Waals surface area contributed by atoms with E-state index in [0.717, 1.165) is 11.1 Å². The SMILES string of the molecule is Cc1ccccc1N1C(=O)/C(=C\c2ccccc2)c2ccccc2C1=O. The van der Waals surface area contributed by atoms with Crippen molar-refractivity contribution in [3.8, 4) is 0 Å². The summed E-state index contributed by atoms with van der Waals surface area (Å²) in [6, 6.07) is 24.4. The number of rotatable bonds is 2. The standard InChI is InChI=1S/C23H17NO2/c1-16-9-5-8-14-21(16)24-22(25)19-13-7-6-12-18(19)20(23(24)26)15-17-10-3-2-4-11-17/h2-15H,1H3/b20-15-. The van der Waals surface area contributed by atoms with Crippen molar-refractivity contribution in [2.45, 2.75) is 6.92 Å². The highest BCUT2D eigenvalue weighted by Crippen LogP contribution is 2.34. The summed E-state index contributed by atoms with van der Waals surface area (Å²) < 4.78 is 0. The van der Waals surface area contributed by atoms with Crippen molar-refractivity contribution in [3.63, 3.8) is 0 Å². The Morgan fingerprint density at radius 2 is 1.31 bits per heavy atom. The average molecular weight is 339 g/mol. The number of para-hydroxylation sites is 1. The van der Waals surface area contributed by atoms with E-state index in [-0.39, 0.29) is 11.8 Å². The maximum absolute atomic E-state index is 13.3. The summed E-state index contributed by atoms with van der Waals surface area (Å²) in [5.74, 6) is -0.586. The smallest absolute Gasteiger partial charge is 0.265 e. The van der Waals surface area contributed by atoms with Gasteiger partial charge in [0.1, 0.15) is 0 Å². The zero-order valence-electron chi connectivity index (χ0n) is 14.3. The highest BCUT2D eigenvalue weighted by atomic mass is 16.2. The monoisotopic (exact) mass is 339 g/mol. The maximum atomic E-state index is 13.3. The van der Waals surface area contributed by atoms with Crippen molar-refractivity contribution < 1.29 is 9.59 Å². The van der Waals surface area contributed by atoms with Crippen LogP contribution in [-0.4, -0.2) is 11.8 Å². The molecule has 26 heavy (non-hydrogen) atoms. The van der Waals surface area contributed by atoms with Gasteiger partial charge in [0, 0.05) is 11.1 Å². The van der Waals surface area contributed by atoms with E-state index < -0.39 is 0 Å². The lowest BCUT2D eigenvalue weighted by Crippen LogP contribution is -2.42. The summed E-state index contributed by atoms with van der Waals surface area (Å²) in [4.78, 5) is 27.6. The fourth-order valence-corrected chi connectivity index (χ4v) is 3.24. The van der Waals surface area contributed by atoms with Gasteiger partial charge in [0.25, 0.3) is 11.8 Å². The number of nitrogens with zero attached hydrogens (tertiary/aromatic N) is 1. The van der Waals surface area contributed by atoms with Crippen LogP contribution in [-0.2, 0) is 4.79 Å². The van der Waals surface area contributed by atoms with Gasteiger partial charge in [-0.3, -0.25) is 9.59 Å². The molecular weight excluding hydrogens is 322 g/mol. The first-order valence-corrected chi connectivity index (χ1v) is 8.47. The van der Waals surface area contributed by atoms with Gasteiger partial charge < -0.3 is 0 Å². The lowest BCUT2D eigenvalue weighted by Gasteiger charge is -2.29. The molecule has 3 heteroatoms. The van der Waals surface area contributed by atoms with Crippen LogP contribution in [0.1, 0.15) is 27.0 Å². The summed E-state index contributed by atoms with van der Waals surface area (Å²) >= 11 is 0. The zero-order chi connectivity index (χ0) is 18.1. The fraction of sp³-hybridized carbons (Fsp3) is 0.0435. The van der Waals surface area contributed by atoms with Gasteiger partial charge >= 0.3 is 0 Å². The molecular formula is C23H17NO2. The van der Waals surface area contributed by atoms with Crippen LogP contribution in [0.25, 0.3) is 11.6 Å². The van der Waals surface area contributed by atoms with Crippen molar-refractivity contribution >= 4 is 29.2 Å². The molecule has 0 unspecified atom stereocenters. The van der Waals surface area contributed by atoms with E-state index in [1.54, 1.807) is 12.1 Å². The van der Waals surface area contributed by atoms with Crippen molar-refractivity contribution in [1.82, 2.24) is 0 Å². The molecule has 0 spiro atoms. The Hall–Kier alpha value is -3.46. The Balaban J connectivity index is 1.93. The van der Waals surface area contributed by atoms with Gasteiger partial charge in [0.15, 0.2) is 0 Å². The van der Waals surface area contributed by atoms with Crippen molar-refractivity contribution in [1.29, 1.82) is 0 Å². The van der Waals surface area contributed by atoms with Gasteiger partial charge in [-0.25, -0.2) is 4.90 Å². The minimum Gasteiger partial charge on any atom is -0.268 e. The normalized spacial score (nSPS) is 15.3. The number of amides is 2. The molecule has 3 aromatic rings. The number of aryl methyl sites for hydroxylation is 1. The second-order valence-corrected chi connectivity index (χ2v) is 6.25. The van der Waals surface area contributed by atoms with Gasteiger partial charge in [0.05, 0.1) is 5.69 Å². The van der Waals surface area contributed by atoms with E-state index in [2.05, 4.69) is 0 Å². The molecule has 0 saturated carbocycles. The number of anilines is 1. The zero-order valence-corrected chi connectivity index (χ0v) is 14.3. The number of benzene rings is 3. The summed E-state index contributed by atoms with van der Waals surface area (Å²) in [6.07, 6.45) is 1.85. The Kier molecular flexibility index (Phi) is 3.98. The average Bonchev–Trinajstić information content (AvgIpc) is 2.67. The summed E-state index contributed by atoms with van der Waals surface area (Å²) in [5.41, 5.74) is 4.16. The van der Waals surface area contributed by atoms with Crippen molar-refractivity contribution in [2.75, 3.05) is 4.90 Å². The third kappa shape index (κ3) is 2.64. The van der Waals surface area contributed by atoms with Gasteiger partial charge in [0.2, 0.25) is 0 Å². The Bertz CT molecular complexity index is 1030. The molecule has 126 valence electrons. The number of fused-ring (bicyclic) bond motifs is 1. The second kappa shape index (κ2) is 6.45. The predicted octanol–water partition coefficient (Wildman–Crippen LogP) is 4.72. The van der Waals surface area contributed by atoms with Gasteiger partial charge in [-0.2, -0.15) is 0 Å². The van der Waals surface area contributed by atoms with Crippen LogP contribution in [0.2, 0.25) is 0 Å². The van der Waals surface area contributed by atoms with E-state index in [9.17, 15) is 9.59 Å². The molecule has 0 radical (unpaired) electrons. The highest BCUT2D eigenvalue weighted by molar-refractivity contribution is 6.43.